The second kappa shape index (κ2) is 21.6. The molecule has 5 nitrogen and oxygen atoms in total. The first-order valence-electron chi connectivity index (χ1n) is 11.6. The zero-order valence-electron chi connectivity index (χ0n) is 18.2. The van der Waals surface area contributed by atoms with Gasteiger partial charge in [0.05, 0.1) is 6.54 Å². The molecule has 0 heterocycles. The Bertz CT molecular complexity index is 314. The highest BCUT2D eigenvalue weighted by Gasteiger charge is 2.05. The molecule has 0 radical (unpaired) electrons. The summed E-state index contributed by atoms with van der Waals surface area (Å²) in [6.07, 6.45) is 16.0. The van der Waals surface area contributed by atoms with Crippen LogP contribution in [0.4, 0.5) is 0 Å². The number of aliphatic carboxylic acids is 1. The number of hydrogen-bond acceptors (Lipinski definition) is 4. The molecule has 0 spiro atoms. The third-order valence-corrected chi connectivity index (χ3v) is 5.02. The Balaban J connectivity index is 3.77. The smallest absolute Gasteiger partial charge is 0.317 e. The first-order chi connectivity index (χ1) is 13.2. The zero-order valence-corrected chi connectivity index (χ0v) is 18.2. The van der Waals surface area contributed by atoms with Crippen molar-refractivity contribution in [3.8, 4) is 0 Å². The second-order valence-electron chi connectivity index (χ2n) is 7.70. The van der Waals surface area contributed by atoms with E-state index in [1.54, 1.807) is 0 Å². The van der Waals surface area contributed by atoms with Crippen molar-refractivity contribution in [2.45, 2.75) is 90.9 Å². The molecular weight excluding hydrogens is 338 g/mol. The van der Waals surface area contributed by atoms with Crippen molar-refractivity contribution in [2.75, 3.05) is 45.8 Å². The highest BCUT2D eigenvalue weighted by molar-refractivity contribution is 5.68. The summed E-state index contributed by atoms with van der Waals surface area (Å²) in [5, 5.41) is 15.3. The Morgan fingerprint density at radius 1 is 0.667 bits per heavy atom. The van der Waals surface area contributed by atoms with Crippen molar-refractivity contribution in [2.24, 2.45) is 0 Å². The van der Waals surface area contributed by atoms with Crippen molar-refractivity contribution in [1.82, 2.24) is 15.5 Å². The highest BCUT2D eigenvalue weighted by Crippen LogP contribution is 2.06. The molecule has 162 valence electrons. The molecule has 0 aromatic heterocycles. The van der Waals surface area contributed by atoms with Crippen LogP contribution in [0.15, 0.2) is 0 Å². The van der Waals surface area contributed by atoms with Crippen LogP contribution < -0.4 is 10.6 Å². The lowest BCUT2D eigenvalue weighted by Gasteiger charge is -2.22. The zero-order chi connectivity index (χ0) is 20.0. The number of unbranched alkanes of at least 4 members (excludes halogenated alkanes) is 10. The van der Waals surface area contributed by atoms with E-state index < -0.39 is 5.97 Å². The number of carboxylic acids is 1. The second-order valence-corrected chi connectivity index (χ2v) is 7.70. The van der Waals surface area contributed by atoms with E-state index in [1.807, 2.05) is 0 Å². The minimum absolute atomic E-state index is 0.0567. The maximum atomic E-state index is 10.6. The van der Waals surface area contributed by atoms with Crippen LogP contribution in [0, 0.1) is 0 Å². The summed E-state index contributed by atoms with van der Waals surface area (Å²) >= 11 is 0. The normalized spacial score (nSPS) is 11.4. The van der Waals surface area contributed by atoms with Gasteiger partial charge in [-0.2, -0.15) is 0 Å². The van der Waals surface area contributed by atoms with Gasteiger partial charge in [0, 0.05) is 26.2 Å². The average molecular weight is 386 g/mol. The van der Waals surface area contributed by atoms with E-state index in [1.165, 1.54) is 77.0 Å². The third kappa shape index (κ3) is 21.5. The van der Waals surface area contributed by atoms with Crippen LogP contribution in [0.3, 0.4) is 0 Å². The molecule has 3 N–H and O–H groups in total. The van der Waals surface area contributed by atoms with Crippen molar-refractivity contribution in [3.05, 3.63) is 0 Å². The molecule has 27 heavy (non-hydrogen) atoms. The van der Waals surface area contributed by atoms with Crippen LogP contribution in [0.5, 0.6) is 0 Å². The van der Waals surface area contributed by atoms with Gasteiger partial charge in [0.15, 0.2) is 0 Å². The molecule has 0 aliphatic rings. The largest absolute Gasteiger partial charge is 0.480 e. The maximum Gasteiger partial charge on any atom is 0.317 e. The van der Waals surface area contributed by atoms with E-state index >= 15 is 0 Å². The Morgan fingerprint density at radius 2 is 1.19 bits per heavy atom. The lowest BCUT2D eigenvalue weighted by atomic mass is 10.1. The molecular formula is C22H47N3O2. The first-order valence-corrected chi connectivity index (χ1v) is 11.6. The standard InChI is InChI=1S/C22H47N3O2/c1-3-5-7-9-11-13-15-23-16-19-25(20-17-24-21-22(26)27)18-14-12-10-8-6-4-2/h23-24H,3-21H2,1-2H3,(H,26,27). The van der Waals surface area contributed by atoms with Gasteiger partial charge in [-0.05, 0) is 25.9 Å². The molecule has 0 bridgehead atoms. The summed E-state index contributed by atoms with van der Waals surface area (Å²) in [6.45, 7) is 10.6. The number of hydrogen-bond donors (Lipinski definition) is 3. The Labute approximate surface area is 168 Å². The predicted molar refractivity (Wildman–Crippen MR) is 117 cm³/mol. The molecule has 0 unspecified atom stereocenters. The Hall–Kier alpha value is -0.650. The topological polar surface area (TPSA) is 64.6 Å². The van der Waals surface area contributed by atoms with Crippen LogP contribution in [-0.2, 0) is 4.79 Å². The van der Waals surface area contributed by atoms with Crippen molar-refractivity contribution in [1.29, 1.82) is 0 Å². The number of nitrogens with zero attached hydrogens (tertiary/aromatic N) is 1. The maximum absolute atomic E-state index is 10.6. The number of carbonyl (C=O) groups is 1. The number of nitrogens with one attached hydrogen (secondary N) is 2. The van der Waals surface area contributed by atoms with Crippen molar-refractivity contribution >= 4 is 5.97 Å². The summed E-state index contributed by atoms with van der Waals surface area (Å²) in [7, 11) is 0. The molecule has 0 aromatic carbocycles. The van der Waals surface area contributed by atoms with Crippen LogP contribution in [0.25, 0.3) is 0 Å². The van der Waals surface area contributed by atoms with Gasteiger partial charge in [-0.3, -0.25) is 4.79 Å². The molecule has 0 rings (SSSR count). The lowest BCUT2D eigenvalue weighted by molar-refractivity contribution is -0.135. The summed E-state index contributed by atoms with van der Waals surface area (Å²) < 4.78 is 0. The molecule has 0 saturated heterocycles. The number of rotatable bonds is 22. The summed E-state index contributed by atoms with van der Waals surface area (Å²) in [4.78, 5) is 13.1. The lowest BCUT2D eigenvalue weighted by Crippen LogP contribution is -2.38. The van der Waals surface area contributed by atoms with Crippen molar-refractivity contribution in [3.63, 3.8) is 0 Å². The Morgan fingerprint density at radius 3 is 1.78 bits per heavy atom. The molecule has 0 atom stereocenters. The van der Waals surface area contributed by atoms with E-state index in [0.29, 0.717) is 0 Å². The third-order valence-electron chi connectivity index (χ3n) is 5.02. The van der Waals surface area contributed by atoms with Crippen LogP contribution in [0.1, 0.15) is 90.9 Å². The summed E-state index contributed by atoms with van der Waals surface area (Å²) in [5.74, 6) is -0.780. The molecule has 0 saturated carbocycles. The number of carboxylic acid groups (broad SMARTS) is 1. The molecule has 0 aromatic rings. The molecule has 0 aliphatic carbocycles. The first kappa shape index (κ1) is 26.4. The minimum atomic E-state index is -0.780. The van der Waals surface area contributed by atoms with E-state index in [-0.39, 0.29) is 6.54 Å². The monoisotopic (exact) mass is 385 g/mol. The van der Waals surface area contributed by atoms with E-state index in [9.17, 15) is 4.79 Å². The molecule has 0 aliphatic heterocycles. The van der Waals surface area contributed by atoms with Gasteiger partial charge in [-0.15, -0.1) is 0 Å². The van der Waals surface area contributed by atoms with Gasteiger partial charge >= 0.3 is 5.97 Å². The fourth-order valence-electron chi connectivity index (χ4n) is 3.28. The van der Waals surface area contributed by atoms with E-state index in [2.05, 4.69) is 29.4 Å². The SMILES string of the molecule is CCCCCCCCNCCN(CCCCCCCC)CCNCC(=O)O. The summed E-state index contributed by atoms with van der Waals surface area (Å²) in [5.41, 5.74) is 0. The van der Waals surface area contributed by atoms with Gasteiger partial charge in [0.2, 0.25) is 0 Å². The van der Waals surface area contributed by atoms with E-state index in [0.717, 1.165) is 39.3 Å². The minimum Gasteiger partial charge on any atom is -0.480 e. The van der Waals surface area contributed by atoms with Crippen LogP contribution >= 0.6 is 0 Å². The van der Waals surface area contributed by atoms with Gasteiger partial charge in [-0.25, -0.2) is 0 Å². The van der Waals surface area contributed by atoms with Crippen LogP contribution in [-0.4, -0.2) is 61.8 Å². The van der Waals surface area contributed by atoms with Crippen molar-refractivity contribution < 1.29 is 9.90 Å². The fraction of sp³-hybridized carbons (Fsp3) is 0.955. The highest BCUT2D eigenvalue weighted by atomic mass is 16.4. The molecule has 0 amide bonds. The van der Waals surface area contributed by atoms with E-state index in [4.69, 9.17) is 5.11 Å². The van der Waals surface area contributed by atoms with Gasteiger partial charge < -0.3 is 20.6 Å². The Kier molecular flexibility index (Phi) is 21.1. The summed E-state index contributed by atoms with van der Waals surface area (Å²) in [6, 6.07) is 0. The van der Waals surface area contributed by atoms with Crippen LogP contribution in [0.2, 0.25) is 0 Å². The average Bonchev–Trinajstić information content (AvgIpc) is 2.65. The van der Waals surface area contributed by atoms with Gasteiger partial charge in [0.1, 0.15) is 0 Å². The predicted octanol–water partition coefficient (Wildman–Crippen LogP) is 4.27. The molecule has 5 heteroatoms. The van der Waals surface area contributed by atoms with Gasteiger partial charge in [-0.1, -0.05) is 78.1 Å². The molecule has 0 fully saturated rings. The van der Waals surface area contributed by atoms with Gasteiger partial charge in [0.25, 0.3) is 0 Å². The quantitative estimate of drug-likeness (QED) is 0.243. The fourth-order valence-corrected chi connectivity index (χ4v) is 3.28.